The molecule has 0 radical (unpaired) electrons. The van der Waals surface area contributed by atoms with E-state index in [1.807, 2.05) is 36.4 Å². The number of hydrogen-bond acceptors (Lipinski definition) is 4. The molecule has 0 bridgehead atoms. The van der Waals surface area contributed by atoms with Gasteiger partial charge in [0, 0.05) is 30.3 Å². The maximum absolute atomic E-state index is 4.75. The van der Waals surface area contributed by atoms with E-state index < -0.39 is 0 Å². The number of anilines is 2. The topological polar surface area (TPSA) is 41.0 Å². The molecule has 22 heavy (non-hydrogen) atoms. The normalized spacial score (nSPS) is 11.3. The molecule has 2 rings (SSSR count). The second-order valence-electron chi connectivity index (χ2n) is 6.35. The Morgan fingerprint density at radius 1 is 1.00 bits per heavy atom. The number of aromatic nitrogens is 2. The molecule has 0 spiro atoms. The Bertz CT molecular complexity index is 598. The average Bonchev–Trinajstić information content (AvgIpc) is 2.47. The first-order valence-electron chi connectivity index (χ1n) is 7.90. The molecule has 118 valence electrons. The van der Waals surface area contributed by atoms with Crippen molar-refractivity contribution in [3.05, 3.63) is 36.4 Å². The van der Waals surface area contributed by atoms with Gasteiger partial charge in [-0.15, -0.1) is 0 Å². The average molecular weight is 298 g/mol. The van der Waals surface area contributed by atoms with Crippen LogP contribution in [0.2, 0.25) is 0 Å². The number of hydrogen-bond donors (Lipinski definition) is 1. The maximum atomic E-state index is 4.75. The van der Waals surface area contributed by atoms with Gasteiger partial charge >= 0.3 is 0 Å². The Morgan fingerprint density at radius 2 is 1.64 bits per heavy atom. The molecule has 0 aliphatic rings. The van der Waals surface area contributed by atoms with E-state index in [9.17, 15) is 0 Å². The molecule has 2 aromatic rings. The van der Waals surface area contributed by atoms with Gasteiger partial charge in [-0.2, -0.15) is 0 Å². The lowest BCUT2D eigenvalue weighted by molar-refractivity contribution is 0.630. The lowest BCUT2D eigenvalue weighted by atomic mass is 10.1. The van der Waals surface area contributed by atoms with Crippen molar-refractivity contribution in [3.8, 4) is 11.4 Å². The number of nitrogens with one attached hydrogen (secondary N) is 1. The quantitative estimate of drug-likeness (QED) is 0.898. The van der Waals surface area contributed by atoms with E-state index in [0.29, 0.717) is 0 Å². The number of benzene rings is 1. The van der Waals surface area contributed by atoms with E-state index in [1.165, 1.54) is 0 Å². The van der Waals surface area contributed by atoms with Crippen molar-refractivity contribution in [1.82, 2.24) is 9.97 Å². The van der Waals surface area contributed by atoms with Gasteiger partial charge in [0.25, 0.3) is 0 Å². The molecule has 0 unspecified atom stereocenters. The lowest BCUT2D eigenvalue weighted by Crippen LogP contribution is -2.28. The Labute approximate surface area is 133 Å². The third-order valence-electron chi connectivity index (χ3n) is 3.34. The fourth-order valence-electron chi connectivity index (χ4n) is 2.31. The number of nitrogens with zero attached hydrogens (tertiary/aromatic N) is 3. The summed E-state index contributed by atoms with van der Waals surface area (Å²) in [6.45, 7) is 12.5. The van der Waals surface area contributed by atoms with Crippen LogP contribution in [0.15, 0.2) is 36.4 Å². The van der Waals surface area contributed by atoms with E-state index >= 15 is 0 Å². The van der Waals surface area contributed by atoms with Gasteiger partial charge in [-0.1, -0.05) is 30.3 Å². The predicted octanol–water partition coefficient (Wildman–Crippen LogP) is 4.20. The molecule has 0 aliphatic heterocycles. The highest BCUT2D eigenvalue weighted by molar-refractivity contribution is 5.62. The van der Waals surface area contributed by atoms with Crippen LogP contribution in [-0.2, 0) is 0 Å². The minimum absolute atomic E-state index is 0.0388. The van der Waals surface area contributed by atoms with Crippen molar-refractivity contribution in [1.29, 1.82) is 0 Å². The van der Waals surface area contributed by atoms with Crippen LogP contribution in [0.3, 0.4) is 0 Å². The zero-order valence-electron chi connectivity index (χ0n) is 14.2. The lowest BCUT2D eigenvalue weighted by Gasteiger charge is -2.25. The summed E-state index contributed by atoms with van der Waals surface area (Å²) in [6.07, 6.45) is 0. The first kappa shape index (κ1) is 16.3. The van der Waals surface area contributed by atoms with Gasteiger partial charge in [0.2, 0.25) is 0 Å². The summed E-state index contributed by atoms with van der Waals surface area (Å²) in [7, 11) is 0. The maximum Gasteiger partial charge on any atom is 0.163 e. The molecular weight excluding hydrogens is 272 g/mol. The second-order valence-corrected chi connectivity index (χ2v) is 6.35. The van der Waals surface area contributed by atoms with Crippen LogP contribution in [0, 0.1) is 0 Å². The van der Waals surface area contributed by atoms with Crippen LogP contribution in [0.1, 0.15) is 34.6 Å². The van der Waals surface area contributed by atoms with E-state index in [2.05, 4.69) is 44.8 Å². The monoisotopic (exact) mass is 298 g/mol. The fourth-order valence-corrected chi connectivity index (χ4v) is 2.31. The summed E-state index contributed by atoms with van der Waals surface area (Å²) in [5, 5.41) is 3.46. The van der Waals surface area contributed by atoms with Crippen LogP contribution in [0.25, 0.3) is 11.4 Å². The summed E-state index contributed by atoms with van der Waals surface area (Å²) in [5.74, 6) is 2.59. The Morgan fingerprint density at radius 3 is 2.18 bits per heavy atom. The van der Waals surface area contributed by atoms with Gasteiger partial charge in [0.1, 0.15) is 11.6 Å². The summed E-state index contributed by atoms with van der Waals surface area (Å²) < 4.78 is 0. The molecule has 0 saturated heterocycles. The molecule has 0 atom stereocenters. The Hall–Kier alpha value is -2.10. The Balaban J connectivity index is 2.49. The first-order valence-corrected chi connectivity index (χ1v) is 7.90. The molecule has 1 N–H and O–H groups in total. The predicted molar refractivity (Wildman–Crippen MR) is 94.4 cm³/mol. The first-order chi connectivity index (χ1) is 10.4. The third-order valence-corrected chi connectivity index (χ3v) is 3.34. The molecular formula is C18H26N4. The number of rotatable bonds is 5. The van der Waals surface area contributed by atoms with E-state index in [1.54, 1.807) is 0 Å². The van der Waals surface area contributed by atoms with E-state index in [4.69, 9.17) is 9.97 Å². The van der Waals surface area contributed by atoms with Crippen molar-refractivity contribution in [2.24, 2.45) is 0 Å². The van der Waals surface area contributed by atoms with Gasteiger partial charge in [-0.3, -0.25) is 0 Å². The summed E-state index contributed by atoms with van der Waals surface area (Å²) in [6, 6.07) is 12.2. The molecule has 4 heteroatoms. The van der Waals surface area contributed by atoms with Crippen LogP contribution in [-0.4, -0.2) is 28.6 Å². The molecule has 0 amide bonds. The highest BCUT2D eigenvalue weighted by atomic mass is 15.2. The van der Waals surface area contributed by atoms with Gasteiger partial charge in [0.05, 0.1) is 0 Å². The molecule has 0 saturated carbocycles. The SMILES string of the molecule is CCN(CC)c1cc(NC(C)(C)C)nc(-c2ccccc2)n1. The van der Waals surface area contributed by atoms with E-state index in [-0.39, 0.29) is 5.54 Å². The third kappa shape index (κ3) is 4.20. The molecule has 4 nitrogen and oxygen atoms in total. The smallest absolute Gasteiger partial charge is 0.163 e. The highest BCUT2D eigenvalue weighted by Crippen LogP contribution is 2.24. The van der Waals surface area contributed by atoms with Crippen molar-refractivity contribution in [2.45, 2.75) is 40.2 Å². The van der Waals surface area contributed by atoms with Gasteiger partial charge < -0.3 is 10.2 Å². The minimum atomic E-state index is -0.0388. The van der Waals surface area contributed by atoms with Gasteiger partial charge in [-0.05, 0) is 34.6 Å². The molecule has 1 heterocycles. The molecule has 1 aromatic heterocycles. The minimum Gasteiger partial charge on any atom is -0.365 e. The van der Waals surface area contributed by atoms with Crippen LogP contribution < -0.4 is 10.2 Å². The summed E-state index contributed by atoms with van der Waals surface area (Å²) >= 11 is 0. The van der Waals surface area contributed by atoms with Crippen LogP contribution >= 0.6 is 0 Å². The van der Waals surface area contributed by atoms with Crippen molar-refractivity contribution in [3.63, 3.8) is 0 Å². The standard InChI is InChI=1S/C18H26N4/c1-6-22(7-2)16-13-15(21-18(3,4)5)19-17(20-16)14-11-9-8-10-12-14/h8-13H,6-7H2,1-5H3,(H,19,20,21). The van der Waals surface area contributed by atoms with Crippen molar-refractivity contribution in [2.75, 3.05) is 23.3 Å². The van der Waals surface area contributed by atoms with E-state index in [0.717, 1.165) is 36.1 Å². The van der Waals surface area contributed by atoms with Crippen molar-refractivity contribution < 1.29 is 0 Å². The zero-order valence-corrected chi connectivity index (χ0v) is 14.2. The summed E-state index contributed by atoms with van der Waals surface area (Å²) in [5.41, 5.74) is 0.997. The highest BCUT2D eigenvalue weighted by Gasteiger charge is 2.15. The fraction of sp³-hybridized carbons (Fsp3) is 0.444. The van der Waals surface area contributed by atoms with Crippen molar-refractivity contribution >= 4 is 11.6 Å². The van der Waals surface area contributed by atoms with Gasteiger partial charge in [0.15, 0.2) is 5.82 Å². The van der Waals surface area contributed by atoms with Crippen LogP contribution in [0.4, 0.5) is 11.6 Å². The molecule has 0 aliphatic carbocycles. The molecule has 0 fully saturated rings. The van der Waals surface area contributed by atoms with Crippen LogP contribution in [0.5, 0.6) is 0 Å². The van der Waals surface area contributed by atoms with Gasteiger partial charge in [-0.25, -0.2) is 9.97 Å². The zero-order chi connectivity index (χ0) is 16.2. The molecule has 1 aromatic carbocycles. The Kier molecular flexibility index (Phi) is 5.01. The second kappa shape index (κ2) is 6.77. The largest absolute Gasteiger partial charge is 0.365 e. The summed E-state index contributed by atoms with van der Waals surface area (Å²) in [4.78, 5) is 11.7.